The molecule has 0 aliphatic carbocycles. The lowest BCUT2D eigenvalue weighted by atomic mass is 10.0. The molecule has 0 saturated carbocycles. The number of hydrogen-bond acceptors (Lipinski definition) is 4. The molecule has 0 amide bonds. The van der Waals surface area contributed by atoms with E-state index < -0.39 is 11.8 Å². The smallest absolute Gasteiger partial charge is 0.340 e. The fourth-order valence-electron chi connectivity index (χ4n) is 2.14. The minimum Gasteiger partial charge on any atom is -0.465 e. The highest BCUT2D eigenvalue weighted by molar-refractivity contribution is 6.36. The molecule has 0 N–H and O–H groups in total. The van der Waals surface area contributed by atoms with Crippen molar-refractivity contribution in [2.24, 2.45) is 0 Å². The number of nitrogens with zero attached hydrogens (tertiary/aromatic N) is 2. The van der Waals surface area contributed by atoms with Gasteiger partial charge in [0, 0.05) is 23.2 Å². The third-order valence-corrected chi connectivity index (χ3v) is 3.31. The van der Waals surface area contributed by atoms with Gasteiger partial charge in [-0.05, 0) is 23.6 Å². The molecule has 20 heavy (non-hydrogen) atoms. The lowest BCUT2D eigenvalue weighted by Crippen LogP contribution is -2.04. The third kappa shape index (κ3) is 1.87. The van der Waals surface area contributed by atoms with Gasteiger partial charge >= 0.3 is 5.97 Å². The molecule has 3 rings (SSSR count). The second-order valence-corrected chi connectivity index (χ2v) is 4.52. The van der Waals surface area contributed by atoms with E-state index in [1.165, 1.54) is 13.2 Å². The summed E-state index contributed by atoms with van der Waals surface area (Å²) in [6.07, 6.45) is 3.12. The van der Waals surface area contributed by atoms with E-state index in [-0.39, 0.29) is 10.7 Å². The van der Waals surface area contributed by atoms with E-state index in [4.69, 9.17) is 11.6 Å². The van der Waals surface area contributed by atoms with Gasteiger partial charge in [-0.25, -0.2) is 14.2 Å². The maximum absolute atomic E-state index is 13.7. The van der Waals surface area contributed by atoms with Gasteiger partial charge in [0.1, 0.15) is 11.0 Å². The molecule has 0 aliphatic rings. The van der Waals surface area contributed by atoms with Crippen LogP contribution in [0.15, 0.2) is 30.6 Å². The van der Waals surface area contributed by atoms with Crippen molar-refractivity contribution in [3.63, 3.8) is 0 Å². The fraction of sp³-hybridized carbons (Fsp3) is 0.0714. The molecule has 0 unspecified atom stereocenters. The maximum atomic E-state index is 13.7. The topological polar surface area (TPSA) is 52.1 Å². The summed E-state index contributed by atoms with van der Waals surface area (Å²) in [5, 5.41) is 1.98. The van der Waals surface area contributed by atoms with Gasteiger partial charge in [-0.2, -0.15) is 0 Å². The Balaban J connectivity index is 2.53. The number of methoxy groups -OCH3 is 1. The number of pyridine rings is 2. The van der Waals surface area contributed by atoms with Gasteiger partial charge in [-0.1, -0.05) is 11.6 Å². The number of esters is 1. The predicted molar refractivity (Wildman–Crippen MR) is 73.4 cm³/mol. The predicted octanol–water partition coefficient (Wildman–Crippen LogP) is 3.36. The number of benzene rings is 1. The zero-order chi connectivity index (χ0) is 14.3. The molecule has 6 heteroatoms. The zero-order valence-corrected chi connectivity index (χ0v) is 11.1. The standard InChI is InChI=1S/C14H8ClFN2O2/c1-20-14(19)10-5-7(16)4-9-8-2-3-17-6-11(8)13(15)18-12(9)10/h2-6H,1H3. The number of aromatic nitrogens is 2. The molecule has 0 atom stereocenters. The largest absolute Gasteiger partial charge is 0.465 e. The number of rotatable bonds is 1. The van der Waals surface area contributed by atoms with Crippen LogP contribution in [0.5, 0.6) is 0 Å². The van der Waals surface area contributed by atoms with Gasteiger partial charge in [0.2, 0.25) is 0 Å². The molecule has 100 valence electrons. The van der Waals surface area contributed by atoms with Crippen molar-refractivity contribution in [1.29, 1.82) is 0 Å². The average molecular weight is 291 g/mol. The van der Waals surface area contributed by atoms with Gasteiger partial charge in [0.15, 0.2) is 0 Å². The Morgan fingerprint density at radius 1 is 1.30 bits per heavy atom. The molecule has 2 aromatic heterocycles. The summed E-state index contributed by atoms with van der Waals surface area (Å²) in [5.74, 6) is -1.20. The summed E-state index contributed by atoms with van der Waals surface area (Å²) >= 11 is 6.10. The van der Waals surface area contributed by atoms with Crippen LogP contribution in [0.2, 0.25) is 5.15 Å². The Kier molecular flexibility index (Phi) is 2.99. The first-order chi connectivity index (χ1) is 9.61. The van der Waals surface area contributed by atoms with Crippen molar-refractivity contribution >= 4 is 39.2 Å². The molecule has 0 saturated heterocycles. The van der Waals surface area contributed by atoms with E-state index in [0.29, 0.717) is 21.7 Å². The SMILES string of the molecule is COC(=O)c1cc(F)cc2c1nc(Cl)c1cnccc12. The summed E-state index contributed by atoms with van der Waals surface area (Å²) in [7, 11) is 1.23. The van der Waals surface area contributed by atoms with Crippen LogP contribution < -0.4 is 0 Å². The van der Waals surface area contributed by atoms with Crippen LogP contribution in [-0.4, -0.2) is 23.0 Å². The first-order valence-electron chi connectivity index (χ1n) is 5.72. The summed E-state index contributed by atoms with van der Waals surface area (Å²) in [5.41, 5.74) is 0.352. The molecule has 0 aliphatic heterocycles. The quantitative estimate of drug-likeness (QED) is 0.392. The van der Waals surface area contributed by atoms with E-state index in [9.17, 15) is 9.18 Å². The Labute approximate surface area is 118 Å². The molecule has 1 aromatic carbocycles. The molecule has 0 radical (unpaired) electrons. The molecule has 4 nitrogen and oxygen atoms in total. The van der Waals surface area contributed by atoms with Crippen molar-refractivity contribution < 1.29 is 13.9 Å². The Morgan fingerprint density at radius 2 is 2.10 bits per heavy atom. The fourth-order valence-corrected chi connectivity index (χ4v) is 2.38. The number of carbonyl (C=O) groups is 1. The minimum absolute atomic E-state index is 0.0445. The molecule has 2 heterocycles. The number of fused-ring (bicyclic) bond motifs is 3. The lowest BCUT2D eigenvalue weighted by Gasteiger charge is -2.08. The second kappa shape index (κ2) is 4.68. The van der Waals surface area contributed by atoms with Crippen LogP contribution in [0.1, 0.15) is 10.4 Å². The van der Waals surface area contributed by atoms with Gasteiger partial charge in [-0.15, -0.1) is 0 Å². The number of hydrogen-bond donors (Lipinski definition) is 0. The van der Waals surface area contributed by atoms with E-state index in [2.05, 4.69) is 14.7 Å². The van der Waals surface area contributed by atoms with E-state index >= 15 is 0 Å². The number of halogens is 2. The Morgan fingerprint density at radius 3 is 2.85 bits per heavy atom. The van der Waals surface area contributed by atoms with Gasteiger partial charge in [-0.3, -0.25) is 4.98 Å². The first kappa shape index (κ1) is 12.7. The highest BCUT2D eigenvalue weighted by atomic mass is 35.5. The van der Waals surface area contributed by atoms with Crippen LogP contribution >= 0.6 is 11.6 Å². The molecular weight excluding hydrogens is 283 g/mol. The van der Waals surface area contributed by atoms with Crippen molar-refractivity contribution in [1.82, 2.24) is 9.97 Å². The normalized spacial score (nSPS) is 10.9. The monoisotopic (exact) mass is 290 g/mol. The molecular formula is C14H8ClFN2O2. The second-order valence-electron chi connectivity index (χ2n) is 4.16. The van der Waals surface area contributed by atoms with Gasteiger partial charge < -0.3 is 4.74 Å². The van der Waals surface area contributed by atoms with E-state index in [1.807, 2.05) is 0 Å². The Bertz CT molecular complexity index is 851. The average Bonchev–Trinajstić information content (AvgIpc) is 2.47. The summed E-state index contributed by atoms with van der Waals surface area (Å²) < 4.78 is 18.4. The highest BCUT2D eigenvalue weighted by Crippen LogP contribution is 2.31. The molecule has 0 spiro atoms. The van der Waals surface area contributed by atoms with Crippen LogP contribution in [-0.2, 0) is 4.74 Å². The lowest BCUT2D eigenvalue weighted by molar-refractivity contribution is 0.0602. The van der Waals surface area contributed by atoms with Crippen molar-refractivity contribution in [3.05, 3.63) is 47.1 Å². The maximum Gasteiger partial charge on any atom is 0.340 e. The summed E-state index contributed by atoms with van der Waals surface area (Å²) in [6.45, 7) is 0. The van der Waals surface area contributed by atoms with Crippen LogP contribution in [0.3, 0.4) is 0 Å². The summed E-state index contributed by atoms with van der Waals surface area (Å²) in [4.78, 5) is 19.9. The van der Waals surface area contributed by atoms with Crippen LogP contribution in [0.4, 0.5) is 4.39 Å². The van der Waals surface area contributed by atoms with Crippen LogP contribution in [0.25, 0.3) is 21.7 Å². The van der Waals surface area contributed by atoms with Gasteiger partial charge in [0.05, 0.1) is 18.2 Å². The van der Waals surface area contributed by atoms with Crippen molar-refractivity contribution in [2.75, 3.05) is 7.11 Å². The number of ether oxygens (including phenoxy) is 1. The number of carbonyl (C=O) groups excluding carboxylic acids is 1. The van der Waals surface area contributed by atoms with Crippen molar-refractivity contribution in [3.8, 4) is 0 Å². The first-order valence-corrected chi connectivity index (χ1v) is 6.10. The summed E-state index contributed by atoms with van der Waals surface area (Å²) in [6, 6.07) is 4.10. The highest BCUT2D eigenvalue weighted by Gasteiger charge is 2.17. The van der Waals surface area contributed by atoms with Crippen molar-refractivity contribution in [2.45, 2.75) is 0 Å². The third-order valence-electron chi connectivity index (χ3n) is 3.02. The van der Waals surface area contributed by atoms with E-state index in [1.54, 1.807) is 18.5 Å². The van der Waals surface area contributed by atoms with Crippen LogP contribution in [0, 0.1) is 5.82 Å². The minimum atomic E-state index is -0.661. The van der Waals surface area contributed by atoms with E-state index in [0.717, 1.165) is 6.07 Å². The Hall–Kier alpha value is -2.27. The molecule has 0 fully saturated rings. The molecule has 3 aromatic rings. The van der Waals surface area contributed by atoms with Gasteiger partial charge in [0.25, 0.3) is 0 Å². The zero-order valence-electron chi connectivity index (χ0n) is 10.4. The molecule has 0 bridgehead atoms.